The van der Waals surface area contributed by atoms with E-state index in [1.54, 1.807) is 34.4 Å². The van der Waals surface area contributed by atoms with Crippen molar-refractivity contribution in [3.05, 3.63) is 62.8 Å². The summed E-state index contributed by atoms with van der Waals surface area (Å²) in [5.74, 6) is -0.182. The second kappa shape index (κ2) is 8.73. The molecule has 0 bridgehead atoms. The number of hydrogen-bond donors (Lipinski definition) is 1. The number of nitrogens with zero attached hydrogens (tertiary/aromatic N) is 3. The summed E-state index contributed by atoms with van der Waals surface area (Å²) in [6.07, 6.45) is 5.34. The lowest BCUT2D eigenvalue weighted by atomic mass is 9.93. The molecule has 0 fully saturated rings. The number of aryl methyl sites for hydroxylation is 1. The highest BCUT2D eigenvalue weighted by atomic mass is 32.1. The molecule has 1 unspecified atom stereocenters. The van der Waals surface area contributed by atoms with Gasteiger partial charge in [0, 0.05) is 24.0 Å². The molecule has 1 aromatic carbocycles. The van der Waals surface area contributed by atoms with Gasteiger partial charge in [0.05, 0.1) is 11.7 Å². The molecule has 29 heavy (non-hydrogen) atoms. The summed E-state index contributed by atoms with van der Waals surface area (Å²) in [6, 6.07) is 7.18. The zero-order valence-corrected chi connectivity index (χ0v) is 17.8. The van der Waals surface area contributed by atoms with Crippen molar-refractivity contribution in [2.24, 2.45) is 0 Å². The Labute approximate surface area is 174 Å². The van der Waals surface area contributed by atoms with E-state index in [2.05, 4.69) is 15.2 Å². The van der Waals surface area contributed by atoms with Crippen molar-refractivity contribution in [2.45, 2.75) is 38.3 Å². The smallest absolute Gasteiger partial charge is 0.262 e. The van der Waals surface area contributed by atoms with Crippen LogP contribution in [0, 0.1) is 5.82 Å². The van der Waals surface area contributed by atoms with Crippen LogP contribution >= 0.6 is 11.3 Å². The van der Waals surface area contributed by atoms with Crippen LogP contribution in [0.5, 0.6) is 0 Å². The summed E-state index contributed by atoms with van der Waals surface area (Å²) in [5.41, 5.74) is 2.30. The molecule has 3 aromatic rings. The molecule has 154 valence electrons. The number of hydrogen-bond acceptors (Lipinski definition) is 5. The van der Waals surface area contributed by atoms with E-state index in [0.717, 1.165) is 54.6 Å². The number of fused-ring (bicyclic) bond motifs is 3. The molecule has 1 aliphatic rings. The number of thiophene rings is 1. The van der Waals surface area contributed by atoms with Crippen LogP contribution in [0.25, 0.3) is 10.2 Å². The van der Waals surface area contributed by atoms with Gasteiger partial charge in [-0.15, -0.1) is 11.3 Å². The van der Waals surface area contributed by atoms with Gasteiger partial charge >= 0.3 is 0 Å². The van der Waals surface area contributed by atoms with Crippen molar-refractivity contribution in [3.63, 3.8) is 0 Å². The molecular formula is C22H27FN4OS. The van der Waals surface area contributed by atoms with Gasteiger partial charge in [-0.3, -0.25) is 9.36 Å². The molecular weight excluding hydrogens is 387 g/mol. The Morgan fingerprint density at radius 1 is 1.38 bits per heavy atom. The molecule has 1 atom stereocenters. The van der Waals surface area contributed by atoms with E-state index < -0.39 is 0 Å². The molecule has 4 rings (SSSR count). The summed E-state index contributed by atoms with van der Waals surface area (Å²) in [4.78, 5) is 21.8. The van der Waals surface area contributed by atoms with Crippen molar-refractivity contribution in [1.82, 2.24) is 19.8 Å². The van der Waals surface area contributed by atoms with Crippen molar-refractivity contribution in [3.8, 4) is 0 Å². The number of nitrogens with one attached hydrogen (secondary N) is 1. The number of likely N-dealkylation sites (N-methyl/N-ethyl adjacent to an activating group) is 1. The van der Waals surface area contributed by atoms with Crippen LogP contribution in [-0.2, 0) is 25.8 Å². The van der Waals surface area contributed by atoms with E-state index in [0.29, 0.717) is 12.6 Å². The molecule has 0 aliphatic heterocycles. The maximum atomic E-state index is 13.3. The van der Waals surface area contributed by atoms with E-state index in [9.17, 15) is 9.18 Å². The largest absolute Gasteiger partial charge is 0.313 e. The monoisotopic (exact) mass is 414 g/mol. The summed E-state index contributed by atoms with van der Waals surface area (Å²) in [5, 5.41) is 4.43. The van der Waals surface area contributed by atoms with Crippen LogP contribution in [0.1, 0.15) is 22.4 Å². The lowest BCUT2D eigenvalue weighted by Crippen LogP contribution is -2.35. The van der Waals surface area contributed by atoms with Crippen LogP contribution in [-0.4, -0.2) is 47.7 Å². The second-order valence-corrected chi connectivity index (χ2v) is 9.09. The molecule has 0 saturated heterocycles. The Hall–Kier alpha value is -2.09. The number of benzene rings is 1. The van der Waals surface area contributed by atoms with E-state index in [1.165, 1.54) is 16.5 Å². The normalized spacial score (nSPS) is 16.5. The van der Waals surface area contributed by atoms with Crippen LogP contribution in [0.3, 0.4) is 0 Å². The SMILES string of the molecule is CN(C)CCn1cnc2sc3c(c2c1=O)CCC(NCCc1cccc(F)c1)C3. The highest BCUT2D eigenvalue weighted by Gasteiger charge is 2.25. The number of rotatable bonds is 7. The topological polar surface area (TPSA) is 50.2 Å². The fourth-order valence-corrected chi connectivity index (χ4v) is 5.21. The standard InChI is InChI=1S/C22H27FN4OS/c1-26(2)10-11-27-14-25-21-20(22(27)28)18-7-6-17(13-19(18)29-21)24-9-8-15-4-3-5-16(23)12-15/h3-5,12,14,17,24H,6-11,13H2,1-2H3. The molecule has 1 N–H and O–H groups in total. The van der Waals surface area contributed by atoms with Gasteiger partial charge in [-0.25, -0.2) is 9.37 Å². The molecule has 2 heterocycles. The molecule has 0 spiro atoms. The highest BCUT2D eigenvalue weighted by molar-refractivity contribution is 7.18. The Morgan fingerprint density at radius 3 is 3.03 bits per heavy atom. The van der Waals surface area contributed by atoms with Gasteiger partial charge in [0.1, 0.15) is 10.6 Å². The highest BCUT2D eigenvalue weighted by Crippen LogP contribution is 2.33. The Kier molecular flexibility index (Phi) is 6.08. The number of halogens is 1. The first-order chi connectivity index (χ1) is 14.0. The van der Waals surface area contributed by atoms with Crippen LogP contribution in [0.2, 0.25) is 0 Å². The van der Waals surface area contributed by atoms with Gasteiger partial charge in [-0.05, 0) is 69.6 Å². The Morgan fingerprint density at radius 2 is 2.24 bits per heavy atom. The zero-order valence-electron chi connectivity index (χ0n) is 16.9. The van der Waals surface area contributed by atoms with Gasteiger partial charge in [-0.2, -0.15) is 0 Å². The Balaban J connectivity index is 1.44. The lowest BCUT2D eigenvalue weighted by Gasteiger charge is -2.23. The molecule has 0 saturated carbocycles. The fourth-order valence-electron chi connectivity index (χ4n) is 3.96. The first kappa shape index (κ1) is 20.2. The first-order valence-corrected chi connectivity index (χ1v) is 10.9. The zero-order chi connectivity index (χ0) is 20.4. The molecule has 0 amide bonds. The van der Waals surface area contributed by atoms with E-state index >= 15 is 0 Å². The summed E-state index contributed by atoms with van der Waals surface area (Å²) < 4.78 is 15.0. The van der Waals surface area contributed by atoms with Crippen molar-refractivity contribution in [2.75, 3.05) is 27.2 Å². The van der Waals surface area contributed by atoms with E-state index in [-0.39, 0.29) is 11.4 Å². The molecule has 2 aromatic heterocycles. The molecule has 5 nitrogen and oxygen atoms in total. The summed E-state index contributed by atoms with van der Waals surface area (Å²) in [7, 11) is 4.01. The molecule has 0 radical (unpaired) electrons. The Bertz CT molecular complexity index is 1060. The van der Waals surface area contributed by atoms with Gasteiger partial charge in [0.2, 0.25) is 0 Å². The molecule has 7 heteroatoms. The summed E-state index contributed by atoms with van der Waals surface area (Å²) in [6.45, 7) is 2.30. The van der Waals surface area contributed by atoms with Crippen molar-refractivity contribution in [1.29, 1.82) is 0 Å². The number of aromatic nitrogens is 2. The third-order valence-corrected chi connectivity index (χ3v) is 6.72. The van der Waals surface area contributed by atoms with Gasteiger partial charge in [0.25, 0.3) is 5.56 Å². The van der Waals surface area contributed by atoms with Crippen LogP contribution < -0.4 is 10.9 Å². The van der Waals surface area contributed by atoms with Crippen molar-refractivity contribution >= 4 is 21.6 Å². The quantitative estimate of drug-likeness (QED) is 0.646. The van der Waals surface area contributed by atoms with Crippen LogP contribution in [0.15, 0.2) is 35.4 Å². The minimum Gasteiger partial charge on any atom is -0.313 e. The average Bonchev–Trinajstić information content (AvgIpc) is 3.06. The van der Waals surface area contributed by atoms with Gasteiger partial charge in [0.15, 0.2) is 0 Å². The minimum atomic E-state index is -0.182. The third-order valence-electron chi connectivity index (χ3n) is 5.56. The summed E-state index contributed by atoms with van der Waals surface area (Å²) >= 11 is 1.66. The first-order valence-electron chi connectivity index (χ1n) is 10.1. The van der Waals surface area contributed by atoms with Crippen molar-refractivity contribution < 1.29 is 4.39 Å². The van der Waals surface area contributed by atoms with E-state index in [1.807, 2.05) is 20.2 Å². The van der Waals surface area contributed by atoms with E-state index in [4.69, 9.17) is 0 Å². The predicted octanol–water partition coefficient (Wildman–Crippen LogP) is 2.85. The van der Waals surface area contributed by atoms with Crippen LogP contribution in [0.4, 0.5) is 4.39 Å². The molecule has 1 aliphatic carbocycles. The minimum absolute atomic E-state index is 0.0897. The predicted molar refractivity (Wildman–Crippen MR) is 116 cm³/mol. The third kappa shape index (κ3) is 4.57. The van der Waals surface area contributed by atoms with Gasteiger partial charge in [-0.1, -0.05) is 12.1 Å². The fraction of sp³-hybridized carbons (Fsp3) is 0.455. The maximum Gasteiger partial charge on any atom is 0.262 e. The van der Waals surface area contributed by atoms with Gasteiger partial charge < -0.3 is 10.2 Å². The maximum absolute atomic E-state index is 13.3. The second-order valence-electron chi connectivity index (χ2n) is 8.00. The average molecular weight is 415 g/mol. The lowest BCUT2D eigenvalue weighted by molar-refractivity contribution is 0.380.